The van der Waals surface area contributed by atoms with E-state index in [0.717, 1.165) is 53.0 Å². The summed E-state index contributed by atoms with van der Waals surface area (Å²) in [7, 11) is 0. The summed E-state index contributed by atoms with van der Waals surface area (Å²) in [6, 6.07) is 16.6. The molecule has 8 nitrogen and oxygen atoms in total. The fourth-order valence-electron chi connectivity index (χ4n) is 4.76. The average Bonchev–Trinajstić information content (AvgIpc) is 2.86. The van der Waals surface area contributed by atoms with Gasteiger partial charge in [0.15, 0.2) is 5.82 Å². The summed E-state index contributed by atoms with van der Waals surface area (Å²) in [6.45, 7) is 9.24. The summed E-state index contributed by atoms with van der Waals surface area (Å²) in [5.41, 5.74) is 3.91. The highest BCUT2D eigenvalue weighted by molar-refractivity contribution is 6.31. The lowest BCUT2D eigenvalue weighted by molar-refractivity contribution is 0.166. The second-order valence-electron chi connectivity index (χ2n) is 9.68. The Kier molecular flexibility index (Phi) is 7.69. The molecule has 5 rings (SSSR count). The minimum atomic E-state index is 0.466. The van der Waals surface area contributed by atoms with Crippen molar-refractivity contribution >= 4 is 23.2 Å². The van der Waals surface area contributed by atoms with Gasteiger partial charge in [0.25, 0.3) is 0 Å². The van der Waals surface area contributed by atoms with Gasteiger partial charge in [0.1, 0.15) is 23.2 Å². The van der Waals surface area contributed by atoms with Gasteiger partial charge in [-0.15, -0.1) is 0 Å². The number of nitrogens with one attached hydrogen (secondary N) is 2. The van der Waals surface area contributed by atoms with Crippen LogP contribution in [0, 0.1) is 6.92 Å². The number of nitrogens with zero attached hydrogens (tertiary/aromatic N) is 6. The summed E-state index contributed by atoms with van der Waals surface area (Å²) in [6.07, 6.45) is 4.08. The maximum absolute atomic E-state index is 6.57. The third-order valence-electron chi connectivity index (χ3n) is 6.23. The summed E-state index contributed by atoms with van der Waals surface area (Å²) >= 11 is 6.57. The SMILES string of the molecule is Cc1cccc(-c2nccc(Nc3ccnc(Cc4ccc(Cl)c(CN5C[C@@H](C)N[C@@H](C)C5)c4)n3)n2)n1. The molecule has 9 heteroatoms. The summed E-state index contributed by atoms with van der Waals surface area (Å²) in [4.78, 5) is 25.2. The molecule has 0 aliphatic carbocycles. The van der Waals surface area contributed by atoms with E-state index in [1.165, 1.54) is 0 Å². The highest BCUT2D eigenvalue weighted by Crippen LogP contribution is 2.23. The third kappa shape index (κ3) is 6.65. The van der Waals surface area contributed by atoms with Gasteiger partial charge >= 0.3 is 0 Å². The van der Waals surface area contributed by atoms with Crippen LogP contribution < -0.4 is 10.6 Å². The van der Waals surface area contributed by atoms with Gasteiger partial charge in [-0.3, -0.25) is 4.90 Å². The van der Waals surface area contributed by atoms with Crippen LogP contribution in [0.15, 0.2) is 60.9 Å². The smallest absolute Gasteiger partial charge is 0.180 e. The maximum atomic E-state index is 6.57. The first kappa shape index (κ1) is 25.2. The zero-order valence-electron chi connectivity index (χ0n) is 21.3. The van der Waals surface area contributed by atoms with E-state index in [2.05, 4.69) is 55.4 Å². The zero-order valence-corrected chi connectivity index (χ0v) is 22.1. The Bertz CT molecular complexity index is 1370. The van der Waals surface area contributed by atoms with Crippen molar-refractivity contribution in [3.63, 3.8) is 0 Å². The highest BCUT2D eigenvalue weighted by atomic mass is 35.5. The van der Waals surface area contributed by atoms with Crippen LogP contribution >= 0.6 is 11.6 Å². The third-order valence-corrected chi connectivity index (χ3v) is 6.60. The molecule has 1 fully saturated rings. The molecule has 1 saturated heterocycles. The number of piperazine rings is 1. The molecular weight excluding hydrogens is 484 g/mol. The molecule has 0 amide bonds. The molecule has 0 radical (unpaired) electrons. The fraction of sp³-hybridized carbons (Fsp3) is 0.321. The Labute approximate surface area is 222 Å². The monoisotopic (exact) mass is 514 g/mol. The van der Waals surface area contributed by atoms with E-state index >= 15 is 0 Å². The van der Waals surface area contributed by atoms with Crippen molar-refractivity contribution in [2.45, 2.75) is 45.8 Å². The van der Waals surface area contributed by atoms with Crippen molar-refractivity contribution in [2.24, 2.45) is 0 Å². The topological polar surface area (TPSA) is 91.8 Å². The van der Waals surface area contributed by atoms with E-state index in [1.807, 2.05) is 49.4 Å². The predicted octanol–water partition coefficient (Wildman–Crippen LogP) is 4.81. The molecule has 1 aliphatic heterocycles. The second kappa shape index (κ2) is 11.3. The van der Waals surface area contributed by atoms with Gasteiger partial charge in [0.2, 0.25) is 0 Å². The molecule has 37 heavy (non-hydrogen) atoms. The van der Waals surface area contributed by atoms with Gasteiger partial charge in [0.05, 0.1) is 0 Å². The Hall–Kier alpha value is -3.46. The van der Waals surface area contributed by atoms with Crippen molar-refractivity contribution in [1.82, 2.24) is 35.1 Å². The first-order valence-electron chi connectivity index (χ1n) is 12.5. The number of pyridine rings is 1. The van der Waals surface area contributed by atoms with Crippen LogP contribution in [0.25, 0.3) is 11.5 Å². The van der Waals surface area contributed by atoms with Gasteiger partial charge in [-0.1, -0.05) is 29.8 Å². The fourth-order valence-corrected chi connectivity index (χ4v) is 4.93. The number of aromatic nitrogens is 5. The van der Waals surface area contributed by atoms with Gasteiger partial charge < -0.3 is 10.6 Å². The standard InChI is InChI=1S/C28H31ClN8/c1-18-5-4-6-24(33-18)28-31-12-10-26(36-28)34-25-9-11-30-27(35-25)14-21-7-8-23(29)22(13-21)17-37-15-19(2)32-20(3)16-37/h4-13,19-20,32H,14-17H2,1-3H3,(H,30,31,34,35,36)/t19-,20+. The Morgan fingerprint density at radius 1 is 0.946 bits per heavy atom. The molecule has 190 valence electrons. The molecule has 0 bridgehead atoms. The number of hydrogen-bond acceptors (Lipinski definition) is 8. The van der Waals surface area contributed by atoms with Crippen molar-refractivity contribution in [3.8, 4) is 11.5 Å². The van der Waals surface area contributed by atoms with Crippen LogP contribution in [0.4, 0.5) is 11.6 Å². The number of hydrogen-bond donors (Lipinski definition) is 2. The molecule has 0 spiro atoms. The van der Waals surface area contributed by atoms with Crippen LogP contribution in [0.2, 0.25) is 5.02 Å². The van der Waals surface area contributed by atoms with Crippen LogP contribution in [0.1, 0.15) is 36.5 Å². The predicted molar refractivity (Wildman–Crippen MR) is 147 cm³/mol. The molecule has 4 aromatic rings. The lowest BCUT2D eigenvalue weighted by atomic mass is 10.1. The molecule has 2 atom stereocenters. The number of benzene rings is 1. The summed E-state index contributed by atoms with van der Waals surface area (Å²) < 4.78 is 0. The van der Waals surface area contributed by atoms with Crippen molar-refractivity contribution in [1.29, 1.82) is 0 Å². The van der Waals surface area contributed by atoms with Gasteiger partial charge in [-0.05, 0) is 62.2 Å². The van der Waals surface area contributed by atoms with E-state index in [1.54, 1.807) is 12.4 Å². The van der Waals surface area contributed by atoms with E-state index in [-0.39, 0.29) is 0 Å². The second-order valence-corrected chi connectivity index (χ2v) is 10.1. The van der Waals surface area contributed by atoms with Crippen LogP contribution in [0.5, 0.6) is 0 Å². The minimum absolute atomic E-state index is 0.466. The Morgan fingerprint density at radius 3 is 2.49 bits per heavy atom. The van der Waals surface area contributed by atoms with Gasteiger partial charge in [-0.2, -0.15) is 0 Å². The summed E-state index contributed by atoms with van der Waals surface area (Å²) in [5.74, 6) is 2.60. The van der Waals surface area contributed by atoms with Crippen molar-refractivity contribution in [3.05, 3.63) is 88.6 Å². The minimum Gasteiger partial charge on any atom is -0.325 e. The molecule has 0 saturated carbocycles. The zero-order chi connectivity index (χ0) is 25.8. The molecule has 0 unspecified atom stereocenters. The average molecular weight is 515 g/mol. The van der Waals surface area contributed by atoms with Gasteiger partial charge in [-0.25, -0.2) is 24.9 Å². The Balaban J connectivity index is 1.29. The van der Waals surface area contributed by atoms with Crippen molar-refractivity contribution in [2.75, 3.05) is 18.4 Å². The molecule has 2 N–H and O–H groups in total. The number of aryl methyl sites for hydroxylation is 1. The molecular formula is C28H31ClN8. The van der Waals surface area contributed by atoms with Crippen molar-refractivity contribution < 1.29 is 0 Å². The summed E-state index contributed by atoms with van der Waals surface area (Å²) in [5, 5.41) is 7.65. The number of halogens is 1. The first-order chi connectivity index (χ1) is 17.9. The van der Waals surface area contributed by atoms with Crippen LogP contribution in [-0.2, 0) is 13.0 Å². The molecule has 1 aromatic carbocycles. The molecule has 4 heterocycles. The Morgan fingerprint density at radius 2 is 1.70 bits per heavy atom. The highest BCUT2D eigenvalue weighted by Gasteiger charge is 2.21. The van der Waals surface area contributed by atoms with E-state index in [4.69, 9.17) is 16.6 Å². The van der Waals surface area contributed by atoms with Crippen LogP contribution in [0.3, 0.4) is 0 Å². The number of rotatable bonds is 7. The lowest BCUT2D eigenvalue weighted by Gasteiger charge is -2.36. The molecule has 1 aliphatic rings. The van der Waals surface area contributed by atoms with Gasteiger partial charge in [0, 0.05) is 61.2 Å². The quantitative estimate of drug-likeness (QED) is 0.363. The van der Waals surface area contributed by atoms with E-state index in [0.29, 0.717) is 36.0 Å². The van der Waals surface area contributed by atoms with E-state index < -0.39 is 0 Å². The van der Waals surface area contributed by atoms with Crippen LogP contribution in [-0.4, -0.2) is 55.0 Å². The largest absolute Gasteiger partial charge is 0.325 e. The normalized spacial score (nSPS) is 18.1. The molecule has 3 aromatic heterocycles. The first-order valence-corrected chi connectivity index (χ1v) is 12.9. The lowest BCUT2D eigenvalue weighted by Crippen LogP contribution is -2.53. The van der Waals surface area contributed by atoms with E-state index in [9.17, 15) is 0 Å². The number of anilines is 2. The maximum Gasteiger partial charge on any atom is 0.180 e.